The lowest BCUT2D eigenvalue weighted by molar-refractivity contribution is 0.487. The quantitative estimate of drug-likeness (QED) is 0.345. The number of nitrogens with two attached hydrogens (primary N) is 1. The zero-order valence-electron chi connectivity index (χ0n) is 16.6. The van der Waals surface area contributed by atoms with Gasteiger partial charge < -0.3 is 10.3 Å². The summed E-state index contributed by atoms with van der Waals surface area (Å²) in [6, 6.07) is 32.2. The predicted molar refractivity (Wildman–Crippen MR) is 119 cm³/mol. The molecule has 0 aliphatic rings. The molecule has 3 heteroatoms. The van der Waals surface area contributed by atoms with Crippen LogP contribution in [0.15, 0.2) is 103 Å². The lowest BCUT2D eigenvalue weighted by Gasteiger charge is -2.38. The van der Waals surface area contributed by atoms with Gasteiger partial charge in [0.25, 0.3) is 0 Å². The van der Waals surface area contributed by atoms with Crippen LogP contribution in [0.3, 0.4) is 0 Å². The SMILES string of the molecule is NCCCCc1nccn1C(c1ccccc1)(c1ccccc1)c1ccccc1. The smallest absolute Gasteiger partial charge is 0.121 e. The fraction of sp³-hybridized carbons (Fsp3) is 0.192. The Morgan fingerprint density at radius 3 is 1.62 bits per heavy atom. The van der Waals surface area contributed by atoms with E-state index in [9.17, 15) is 0 Å². The first-order valence-electron chi connectivity index (χ1n) is 10.3. The summed E-state index contributed by atoms with van der Waals surface area (Å²) >= 11 is 0. The number of hydrogen-bond donors (Lipinski definition) is 1. The van der Waals surface area contributed by atoms with Gasteiger partial charge in [-0.2, -0.15) is 0 Å². The first-order valence-corrected chi connectivity index (χ1v) is 10.3. The van der Waals surface area contributed by atoms with Crippen molar-refractivity contribution in [1.29, 1.82) is 0 Å². The van der Waals surface area contributed by atoms with Crippen LogP contribution in [0, 0.1) is 0 Å². The lowest BCUT2D eigenvalue weighted by Crippen LogP contribution is -2.38. The van der Waals surface area contributed by atoms with Gasteiger partial charge in [-0.3, -0.25) is 0 Å². The van der Waals surface area contributed by atoms with Gasteiger partial charge in [0.15, 0.2) is 0 Å². The molecule has 0 aliphatic heterocycles. The second-order valence-electron chi connectivity index (χ2n) is 7.27. The molecule has 4 rings (SSSR count). The molecule has 0 radical (unpaired) electrons. The molecular weight excluding hydrogens is 354 g/mol. The molecule has 29 heavy (non-hydrogen) atoms. The van der Waals surface area contributed by atoms with Crippen molar-refractivity contribution in [1.82, 2.24) is 9.55 Å². The van der Waals surface area contributed by atoms with E-state index in [1.54, 1.807) is 0 Å². The monoisotopic (exact) mass is 381 g/mol. The van der Waals surface area contributed by atoms with Gasteiger partial charge in [-0.1, -0.05) is 91.0 Å². The lowest BCUT2D eigenvalue weighted by atomic mass is 9.76. The molecule has 146 valence electrons. The third-order valence-corrected chi connectivity index (χ3v) is 5.51. The van der Waals surface area contributed by atoms with E-state index in [1.807, 2.05) is 6.20 Å². The fourth-order valence-electron chi connectivity index (χ4n) is 4.21. The third-order valence-electron chi connectivity index (χ3n) is 5.51. The Bertz CT molecular complexity index is 911. The van der Waals surface area contributed by atoms with Crippen LogP contribution < -0.4 is 5.73 Å². The minimum absolute atomic E-state index is 0.488. The van der Waals surface area contributed by atoms with Gasteiger partial charge in [0.1, 0.15) is 11.4 Å². The molecule has 0 bridgehead atoms. The van der Waals surface area contributed by atoms with Crippen molar-refractivity contribution in [3.8, 4) is 0 Å². The molecular formula is C26H27N3. The van der Waals surface area contributed by atoms with Crippen LogP contribution in [0.5, 0.6) is 0 Å². The number of rotatable bonds is 8. The molecule has 3 aromatic carbocycles. The fourth-order valence-corrected chi connectivity index (χ4v) is 4.21. The molecule has 2 N–H and O–H groups in total. The Kier molecular flexibility index (Phi) is 5.87. The summed E-state index contributed by atoms with van der Waals surface area (Å²) in [5.41, 5.74) is 8.90. The van der Waals surface area contributed by atoms with Crippen molar-refractivity contribution < 1.29 is 0 Å². The van der Waals surface area contributed by atoms with Gasteiger partial charge in [0.05, 0.1) is 0 Å². The van der Waals surface area contributed by atoms with Crippen LogP contribution >= 0.6 is 0 Å². The number of unbranched alkanes of at least 4 members (excludes halogenated alkanes) is 1. The minimum Gasteiger partial charge on any atom is -0.330 e. The Balaban J connectivity index is 2.01. The highest BCUT2D eigenvalue weighted by Crippen LogP contribution is 2.41. The zero-order valence-corrected chi connectivity index (χ0v) is 16.6. The number of nitrogens with zero attached hydrogens (tertiary/aromatic N) is 2. The maximum absolute atomic E-state index is 5.74. The van der Waals surface area contributed by atoms with Gasteiger partial charge >= 0.3 is 0 Å². The van der Waals surface area contributed by atoms with E-state index in [2.05, 4.69) is 102 Å². The molecule has 0 saturated heterocycles. The summed E-state index contributed by atoms with van der Waals surface area (Å²) in [4.78, 5) is 4.75. The van der Waals surface area contributed by atoms with E-state index in [-0.39, 0.29) is 0 Å². The molecule has 0 fully saturated rings. The first-order chi connectivity index (χ1) is 14.4. The second kappa shape index (κ2) is 8.89. The van der Waals surface area contributed by atoms with Crippen molar-refractivity contribution in [2.45, 2.75) is 24.8 Å². The Morgan fingerprint density at radius 2 is 1.17 bits per heavy atom. The molecule has 0 aliphatic carbocycles. The Labute approximate surface area is 172 Å². The van der Waals surface area contributed by atoms with E-state index < -0.39 is 5.54 Å². The number of hydrogen-bond acceptors (Lipinski definition) is 2. The van der Waals surface area contributed by atoms with Crippen LogP contribution in [0.4, 0.5) is 0 Å². The molecule has 4 aromatic rings. The minimum atomic E-state index is -0.488. The predicted octanol–water partition coefficient (Wildman–Crippen LogP) is 5.00. The highest BCUT2D eigenvalue weighted by Gasteiger charge is 2.39. The average Bonchev–Trinajstić information content (AvgIpc) is 3.26. The van der Waals surface area contributed by atoms with Crippen molar-refractivity contribution in [2.24, 2.45) is 5.73 Å². The summed E-state index contributed by atoms with van der Waals surface area (Å²) in [7, 11) is 0. The van der Waals surface area contributed by atoms with E-state index in [0.717, 1.165) is 25.1 Å². The van der Waals surface area contributed by atoms with E-state index in [1.165, 1.54) is 16.7 Å². The summed E-state index contributed by atoms with van der Waals surface area (Å²) in [5.74, 6) is 1.08. The maximum Gasteiger partial charge on any atom is 0.121 e. The standard InChI is InChI=1S/C26H27N3/c27-19-11-10-18-25-28-20-21-29(25)26(22-12-4-1-5-13-22,23-14-6-2-7-15-23)24-16-8-3-9-17-24/h1-9,12-17,20-21H,10-11,18-19,27H2. The zero-order chi connectivity index (χ0) is 19.9. The van der Waals surface area contributed by atoms with Gasteiger partial charge in [-0.25, -0.2) is 4.98 Å². The van der Waals surface area contributed by atoms with Crippen LogP contribution in [0.25, 0.3) is 0 Å². The van der Waals surface area contributed by atoms with Crippen LogP contribution in [0.2, 0.25) is 0 Å². The number of benzene rings is 3. The van der Waals surface area contributed by atoms with E-state index in [4.69, 9.17) is 10.7 Å². The van der Waals surface area contributed by atoms with Crippen LogP contribution in [0.1, 0.15) is 35.4 Å². The summed E-state index contributed by atoms with van der Waals surface area (Å²) < 4.78 is 2.35. The third kappa shape index (κ3) is 3.62. The van der Waals surface area contributed by atoms with Crippen LogP contribution in [-0.2, 0) is 12.0 Å². The topological polar surface area (TPSA) is 43.8 Å². The average molecular weight is 382 g/mol. The largest absolute Gasteiger partial charge is 0.330 e. The molecule has 0 atom stereocenters. The van der Waals surface area contributed by atoms with Crippen LogP contribution in [-0.4, -0.2) is 16.1 Å². The van der Waals surface area contributed by atoms with Crippen molar-refractivity contribution >= 4 is 0 Å². The number of imidazole rings is 1. The van der Waals surface area contributed by atoms with E-state index in [0.29, 0.717) is 6.54 Å². The molecule has 0 amide bonds. The normalized spacial score (nSPS) is 11.5. The molecule has 3 nitrogen and oxygen atoms in total. The van der Waals surface area contributed by atoms with Crippen molar-refractivity contribution in [3.05, 3.63) is 126 Å². The van der Waals surface area contributed by atoms with Gasteiger partial charge in [-0.15, -0.1) is 0 Å². The Hall–Kier alpha value is -3.17. The maximum atomic E-state index is 5.74. The molecule has 1 aromatic heterocycles. The van der Waals surface area contributed by atoms with Crippen molar-refractivity contribution in [2.75, 3.05) is 6.54 Å². The molecule has 1 heterocycles. The van der Waals surface area contributed by atoms with Crippen molar-refractivity contribution in [3.63, 3.8) is 0 Å². The number of aromatic nitrogens is 2. The highest BCUT2D eigenvalue weighted by molar-refractivity contribution is 5.51. The highest BCUT2D eigenvalue weighted by atomic mass is 15.1. The second-order valence-corrected chi connectivity index (χ2v) is 7.27. The van der Waals surface area contributed by atoms with Gasteiger partial charge in [0.2, 0.25) is 0 Å². The Morgan fingerprint density at radius 1 is 0.690 bits per heavy atom. The van der Waals surface area contributed by atoms with Gasteiger partial charge in [0, 0.05) is 18.8 Å². The van der Waals surface area contributed by atoms with Gasteiger partial charge in [-0.05, 0) is 36.1 Å². The molecule has 0 unspecified atom stereocenters. The summed E-state index contributed by atoms with van der Waals surface area (Å²) in [6.45, 7) is 0.710. The molecule has 0 spiro atoms. The molecule has 0 saturated carbocycles. The number of aryl methyl sites for hydroxylation is 1. The van der Waals surface area contributed by atoms with E-state index >= 15 is 0 Å². The first kappa shape index (κ1) is 19.2. The summed E-state index contributed by atoms with van der Waals surface area (Å²) in [5, 5.41) is 0. The summed E-state index contributed by atoms with van der Waals surface area (Å²) in [6.07, 6.45) is 6.97.